The normalized spacial score (nSPS) is 28.9. The average molecular weight is 282 g/mol. The molecule has 19 heavy (non-hydrogen) atoms. The second-order valence-electron chi connectivity index (χ2n) is 5.56. The van der Waals surface area contributed by atoms with E-state index in [1.165, 1.54) is 6.42 Å². The van der Waals surface area contributed by atoms with Crippen LogP contribution in [0.4, 0.5) is 0 Å². The maximum absolute atomic E-state index is 12.3. The van der Waals surface area contributed by atoms with Crippen LogP contribution in [0, 0.1) is 18.8 Å². The second-order valence-corrected chi connectivity index (χ2v) is 5.56. The Balaban J connectivity index is 0.00000133. The maximum Gasteiger partial charge on any atom is 0.255 e. The summed E-state index contributed by atoms with van der Waals surface area (Å²) in [5, 5.41) is 0. The minimum atomic E-state index is 0. The lowest BCUT2D eigenvalue weighted by atomic mass is 9.98. The molecule has 4 nitrogen and oxygen atoms in total. The molecule has 1 aromatic rings. The number of carbonyl (C=O) groups is 1. The summed E-state index contributed by atoms with van der Waals surface area (Å²) < 4.78 is 0. The van der Waals surface area contributed by atoms with Crippen LogP contribution in [0.15, 0.2) is 18.3 Å². The van der Waals surface area contributed by atoms with Crippen LogP contribution >= 0.6 is 12.4 Å². The third kappa shape index (κ3) is 2.60. The molecular formula is C14H20ClN3O. The van der Waals surface area contributed by atoms with E-state index in [9.17, 15) is 4.79 Å². The molecule has 3 atom stereocenters. The molecule has 2 fully saturated rings. The Labute approximate surface area is 119 Å². The summed E-state index contributed by atoms with van der Waals surface area (Å²) in [5.74, 6) is 1.22. The van der Waals surface area contributed by atoms with Crippen molar-refractivity contribution in [2.24, 2.45) is 17.6 Å². The van der Waals surface area contributed by atoms with E-state index < -0.39 is 0 Å². The molecule has 1 aromatic heterocycles. The van der Waals surface area contributed by atoms with Crippen molar-refractivity contribution in [3.63, 3.8) is 0 Å². The van der Waals surface area contributed by atoms with Gasteiger partial charge in [0.15, 0.2) is 0 Å². The molecule has 2 heterocycles. The first-order chi connectivity index (χ1) is 8.65. The Bertz CT molecular complexity index is 462. The molecule has 1 amide bonds. The van der Waals surface area contributed by atoms with Crippen molar-refractivity contribution in [3.8, 4) is 0 Å². The van der Waals surface area contributed by atoms with Crippen molar-refractivity contribution >= 4 is 18.3 Å². The summed E-state index contributed by atoms with van der Waals surface area (Å²) in [6, 6.07) is 4.03. The van der Waals surface area contributed by atoms with E-state index in [4.69, 9.17) is 5.73 Å². The number of halogens is 1. The monoisotopic (exact) mass is 281 g/mol. The minimum absolute atomic E-state index is 0. The number of aromatic nitrogens is 1. The number of likely N-dealkylation sites (tertiary alicyclic amines) is 1. The number of nitrogens with two attached hydrogens (primary N) is 1. The van der Waals surface area contributed by atoms with E-state index in [1.807, 2.05) is 24.0 Å². The van der Waals surface area contributed by atoms with Crippen LogP contribution in [0.2, 0.25) is 0 Å². The zero-order valence-corrected chi connectivity index (χ0v) is 11.9. The lowest BCUT2D eigenvalue weighted by Crippen LogP contribution is -2.33. The van der Waals surface area contributed by atoms with Crippen LogP contribution in [-0.2, 0) is 0 Å². The average Bonchev–Trinajstić information content (AvgIpc) is 2.92. The standard InChI is InChI=1S/C14H19N3O.ClH/c1-9-2-3-10(6-16-9)14(18)17-7-11-4-5-13(15)12(11)8-17;/h2-3,6,11-13H,4-5,7-8,15H2,1H3;1H. The lowest BCUT2D eigenvalue weighted by molar-refractivity contribution is 0.0779. The van der Waals surface area contributed by atoms with Crippen molar-refractivity contribution in [3.05, 3.63) is 29.6 Å². The highest BCUT2D eigenvalue weighted by molar-refractivity contribution is 5.94. The van der Waals surface area contributed by atoms with Gasteiger partial charge in [-0.1, -0.05) is 0 Å². The molecule has 1 saturated heterocycles. The summed E-state index contributed by atoms with van der Waals surface area (Å²) >= 11 is 0. The molecule has 0 aromatic carbocycles. The fourth-order valence-electron chi connectivity index (χ4n) is 3.25. The van der Waals surface area contributed by atoms with Gasteiger partial charge in [0.2, 0.25) is 0 Å². The van der Waals surface area contributed by atoms with E-state index in [0.29, 0.717) is 17.4 Å². The summed E-state index contributed by atoms with van der Waals surface area (Å²) in [7, 11) is 0. The highest BCUT2D eigenvalue weighted by Gasteiger charge is 2.42. The highest BCUT2D eigenvalue weighted by atomic mass is 35.5. The molecule has 0 radical (unpaired) electrons. The molecule has 5 heteroatoms. The van der Waals surface area contributed by atoms with Gasteiger partial charge in [-0.05, 0) is 43.7 Å². The first-order valence-corrected chi connectivity index (χ1v) is 6.62. The van der Waals surface area contributed by atoms with Gasteiger partial charge in [0.25, 0.3) is 5.91 Å². The molecule has 3 rings (SSSR count). The number of hydrogen-bond acceptors (Lipinski definition) is 3. The number of nitrogens with zero attached hydrogens (tertiary/aromatic N) is 2. The molecule has 2 aliphatic rings. The fourth-order valence-corrected chi connectivity index (χ4v) is 3.25. The summed E-state index contributed by atoms with van der Waals surface area (Å²) in [6.45, 7) is 3.61. The fraction of sp³-hybridized carbons (Fsp3) is 0.571. The van der Waals surface area contributed by atoms with E-state index in [1.54, 1.807) is 6.20 Å². The van der Waals surface area contributed by atoms with Crippen LogP contribution in [0.3, 0.4) is 0 Å². The minimum Gasteiger partial charge on any atom is -0.338 e. The van der Waals surface area contributed by atoms with Gasteiger partial charge in [-0.2, -0.15) is 0 Å². The number of aryl methyl sites for hydroxylation is 1. The first kappa shape index (κ1) is 14.3. The molecule has 0 bridgehead atoms. The van der Waals surface area contributed by atoms with Crippen LogP contribution in [0.25, 0.3) is 0 Å². The molecule has 1 aliphatic heterocycles. The van der Waals surface area contributed by atoms with E-state index in [2.05, 4.69) is 4.98 Å². The molecule has 104 valence electrons. The summed E-state index contributed by atoms with van der Waals surface area (Å²) in [4.78, 5) is 18.5. The van der Waals surface area contributed by atoms with Gasteiger partial charge in [-0.15, -0.1) is 12.4 Å². The molecule has 2 N–H and O–H groups in total. The largest absolute Gasteiger partial charge is 0.338 e. The van der Waals surface area contributed by atoms with Gasteiger partial charge < -0.3 is 10.6 Å². The smallest absolute Gasteiger partial charge is 0.255 e. The van der Waals surface area contributed by atoms with Crippen molar-refractivity contribution in [1.82, 2.24) is 9.88 Å². The highest BCUT2D eigenvalue weighted by Crippen LogP contribution is 2.37. The van der Waals surface area contributed by atoms with E-state index >= 15 is 0 Å². The molecule has 1 saturated carbocycles. The lowest BCUT2D eigenvalue weighted by Gasteiger charge is -2.18. The molecule has 1 aliphatic carbocycles. The van der Waals surface area contributed by atoms with Gasteiger partial charge in [-0.25, -0.2) is 0 Å². The number of rotatable bonds is 1. The van der Waals surface area contributed by atoms with Crippen LogP contribution in [0.5, 0.6) is 0 Å². The zero-order chi connectivity index (χ0) is 12.7. The second kappa shape index (κ2) is 5.47. The van der Waals surface area contributed by atoms with Gasteiger partial charge in [-0.3, -0.25) is 9.78 Å². The van der Waals surface area contributed by atoms with Crippen molar-refractivity contribution in [1.29, 1.82) is 0 Å². The Hall–Kier alpha value is -1.13. The predicted octanol–water partition coefficient (Wildman–Crippen LogP) is 1.62. The van der Waals surface area contributed by atoms with Gasteiger partial charge in [0.05, 0.1) is 5.56 Å². The first-order valence-electron chi connectivity index (χ1n) is 6.62. The number of hydrogen-bond donors (Lipinski definition) is 1. The van der Waals surface area contributed by atoms with Gasteiger partial charge in [0.1, 0.15) is 0 Å². The Morgan fingerprint density at radius 3 is 2.79 bits per heavy atom. The summed E-state index contributed by atoms with van der Waals surface area (Å²) in [5.41, 5.74) is 7.72. The molecule has 3 unspecified atom stereocenters. The van der Waals surface area contributed by atoms with Crippen molar-refractivity contribution in [2.75, 3.05) is 13.1 Å². The quantitative estimate of drug-likeness (QED) is 0.851. The molecular weight excluding hydrogens is 262 g/mol. The van der Waals surface area contributed by atoms with E-state index in [0.717, 1.165) is 25.2 Å². The third-order valence-electron chi connectivity index (χ3n) is 4.36. The van der Waals surface area contributed by atoms with Crippen LogP contribution in [0.1, 0.15) is 28.9 Å². The predicted molar refractivity (Wildman–Crippen MR) is 76.3 cm³/mol. The van der Waals surface area contributed by atoms with Crippen molar-refractivity contribution in [2.45, 2.75) is 25.8 Å². The van der Waals surface area contributed by atoms with Gasteiger partial charge in [0, 0.05) is 31.0 Å². The molecule has 0 spiro atoms. The maximum atomic E-state index is 12.3. The number of fused-ring (bicyclic) bond motifs is 1. The number of pyridine rings is 1. The zero-order valence-electron chi connectivity index (χ0n) is 11.1. The SMILES string of the molecule is Cc1ccc(C(=O)N2CC3CCC(N)C3C2)cn1.Cl. The Morgan fingerprint density at radius 1 is 1.37 bits per heavy atom. The Kier molecular flexibility index (Phi) is 4.11. The van der Waals surface area contributed by atoms with Crippen LogP contribution in [-0.4, -0.2) is 34.9 Å². The van der Waals surface area contributed by atoms with Gasteiger partial charge >= 0.3 is 0 Å². The number of amides is 1. The Morgan fingerprint density at radius 2 is 2.16 bits per heavy atom. The number of carbonyl (C=O) groups excluding carboxylic acids is 1. The van der Waals surface area contributed by atoms with E-state index in [-0.39, 0.29) is 24.4 Å². The van der Waals surface area contributed by atoms with Crippen molar-refractivity contribution < 1.29 is 4.79 Å². The van der Waals surface area contributed by atoms with Crippen LogP contribution < -0.4 is 5.73 Å². The topological polar surface area (TPSA) is 59.2 Å². The summed E-state index contributed by atoms with van der Waals surface area (Å²) in [6.07, 6.45) is 3.96. The third-order valence-corrected chi connectivity index (χ3v) is 4.36.